The van der Waals surface area contributed by atoms with Gasteiger partial charge in [-0.05, 0) is 89.9 Å². The highest BCUT2D eigenvalue weighted by Gasteiger charge is 2.19. The maximum absolute atomic E-state index is 12.7. The first kappa shape index (κ1) is 66.6. The zero-order chi connectivity index (χ0) is 50.7. The summed E-state index contributed by atoms with van der Waals surface area (Å²) in [5.74, 6) is -0.886. The number of ether oxygens (including phenoxy) is 3. The molecular formula is C64H110O6. The van der Waals surface area contributed by atoms with E-state index >= 15 is 0 Å². The van der Waals surface area contributed by atoms with E-state index in [2.05, 4.69) is 106 Å². The molecule has 0 bridgehead atoms. The lowest BCUT2D eigenvalue weighted by molar-refractivity contribution is -0.167. The van der Waals surface area contributed by atoms with Crippen molar-refractivity contribution in [2.75, 3.05) is 13.2 Å². The molecule has 0 heterocycles. The molecule has 0 saturated carbocycles. The average Bonchev–Trinajstić information content (AvgIpc) is 3.36. The summed E-state index contributed by atoms with van der Waals surface area (Å²) in [7, 11) is 0. The zero-order valence-corrected chi connectivity index (χ0v) is 46.0. The fourth-order valence-corrected chi connectivity index (χ4v) is 8.19. The van der Waals surface area contributed by atoms with Gasteiger partial charge in [0.25, 0.3) is 0 Å². The first-order valence-corrected chi connectivity index (χ1v) is 29.6. The van der Waals surface area contributed by atoms with E-state index in [-0.39, 0.29) is 31.1 Å². The number of esters is 3. The molecule has 0 saturated heterocycles. The minimum atomic E-state index is -0.775. The lowest BCUT2D eigenvalue weighted by atomic mass is 10.0. The topological polar surface area (TPSA) is 78.9 Å². The van der Waals surface area contributed by atoms with Crippen molar-refractivity contribution < 1.29 is 28.6 Å². The summed E-state index contributed by atoms with van der Waals surface area (Å²) in [5.41, 5.74) is 0. The maximum atomic E-state index is 12.7. The molecule has 0 aromatic rings. The summed E-state index contributed by atoms with van der Waals surface area (Å²) in [6.45, 7) is 6.46. The highest BCUT2D eigenvalue weighted by molar-refractivity contribution is 5.71. The Morgan fingerprint density at radius 1 is 0.300 bits per heavy atom. The van der Waals surface area contributed by atoms with E-state index in [1.165, 1.54) is 135 Å². The van der Waals surface area contributed by atoms with Crippen LogP contribution >= 0.6 is 0 Å². The molecule has 70 heavy (non-hydrogen) atoms. The number of carbonyl (C=O) groups is 3. The number of unbranched alkanes of at least 4 members (excludes halogenated alkanes) is 28. The first-order valence-electron chi connectivity index (χ1n) is 29.6. The summed E-state index contributed by atoms with van der Waals surface area (Å²) >= 11 is 0. The van der Waals surface area contributed by atoms with E-state index in [0.717, 1.165) is 109 Å². The van der Waals surface area contributed by atoms with Crippen molar-refractivity contribution >= 4 is 17.9 Å². The second-order valence-corrected chi connectivity index (χ2v) is 19.5. The van der Waals surface area contributed by atoms with Gasteiger partial charge in [-0.15, -0.1) is 0 Å². The van der Waals surface area contributed by atoms with Crippen LogP contribution in [0.4, 0.5) is 0 Å². The maximum Gasteiger partial charge on any atom is 0.306 e. The monoisotopic (exact) mass is 975 g/mol. The summed E-state index contributed by atoms with van der Waals surface area (Å²) < 4.78 is 16.8. The number of hydrogen-bond donors (Lipinski definition) is 0. The van der Waals surface area contributed by atoms with Crippen LogP contribution < -0.4 is 0 Å². The van der Waals surface area contributed by atoms with Gasteiger partial charge in [0.1, 0.15) is 13.2 Å². The highest BCUT2D eigenvalue weighted by atomic mass is 16.6. The molecule has 0 aliphatic rings. The van der Waals surface area contributed by atoms with Gasteiger partial charge < -0.3 is 14.2 Å². The standard InChI is InChI=1S/C64H110O6/c1-4-7-10-13-16-19-21-22-23-24-25-26-27-28-29-30-31-32-33-34-35-36-37-38-39-40-41-42-44-45-48-51-54-57-63(66)69-60-61(59-68-62(65)56-53-50-47-18-15-12-9-6-3)70-64(67)58-55-52-49-46-43-20-17-14-11-8-5-2/h7,10,14,16-17,19,22-23,25-26,28-29,31-32,61H,4-6,8-9,11-13,15,18,20-21,24,27,30,33-60H2,1-3H3/b10-7-,17-14-,19-16-,23-22-,26-25-,29-28-,32-31-. The quantitative estimate of drug-likeness (QED) is 0.0261. The largest absolute Gasteiger partial charge is 0.462 e. The minimum Gasteiger partial charge on any atom is -0.462 e. The summed E-state index contributed by atoms with van der Waals surface area (Å²) in [6.07, 6.45) is 76.1. The van der Waals surface area contributed by atoms with Gasteiger partial charge in [0.15, 0.2) is 6.10 Å². The smallest absolute Gasteiger partial charge is 0.306 e. The van der Waals surface area contributed by atoms with Crippen LogP contribution in [0.5, 0.6) is 0 Å². The third-order valence-electron chi connectivity index (χ3n) is 12.6. The summed E-state index contributed by atoms with van der Waals surface area (Å²) in [4.78, 5) is 37.9. The average molecular weight is 976 g/mol. The molecule has 1 atom stereocenters. The van der Waals surface area contributed by atoms with E-state index < -0.39 is 6.10 Å². The zero-order valence-electron chi connectivity index (χ0n) is 46.0. The van der Waals surface area contributed by atoms with Gasteiger partial charge in [0.2, 0.25) is 0 Å². The second-order valence-electron chi connectivity index (χ2n) is 19.5. The predicted molar refractivity (Wildman–Crippen MR) is 302 cm³/mol. The van der Waals surface area contributed by atoms with Crippen LogP contribution in [0.25, 0.3) is 0 Å². The lowest BCUT2D eigenvalue weighted by Crippen LogP contribution is -2.30. The van der Waals surface area contributed by atoms with E-state index in [1.54, 1.807) is 0 Å². The number of allylic oxidation sites excluding steroid dienone is 14. The summed E-state index contributed by atoms with van der Waals surface area (Å²) in [5, 5.41) is 0. The molecule has 0 aliphatic heterocycles. The highest BCUT2D eigenvalue weighted by Crippen LogP contribution is 2.16. The third kappa shape index (κ3) is 55.5. The van der Waals surface area contributed by atoms with Gasteiger partial charge in [-0.1, -0.05) is 260 Å². The van der Waals surface area contributed by atoms with Gasteiger partial charge in [-0.25, -0.2) is 0 Å². The van der Waals surface area contributed by atoms with E-state index in [0.29, 0.717) is 19.3 Å². The lowest BCUT2D eigenvalue weighted by Gasteiger charge is -2.18. The van der Waals surface area contributed by atoms with Crippen LogP contribution in [0.15, 0.2) is 85.1 Å². The van der Waals surface area contributed by atoms with Gasteiger partial charge in [0, 0.05) is 19.3 Å². The van der Waals surface area contributed by atoms with Crippen LogP contribution in [0.2, 0.25) is 0 Å². The van der Waals surface area contributed by atoms with Gasteiger partial charge in [-0.3, -0.25) is 14.4 Å². The normalized spacial score (nSPS) is 12.7. The number of rotatable bonds is 53. The minimum absolute atomic E-state index is 0.0764. The Hall–Kier alpha value is -3.41. The van der Waals surface area contributed by atoms with Crippen molar-refractivity contribution in [2.24, 2.45) is 0 Å². The first-order chi connectivity index (χ1) is 34.5. The third-order valence-corrected chi connectivity index (χ3v) is 12.6. The molecule has 0 N–H and O–H groups in total. The Labute approximate surface area is 433 Å². The molecule has 0 rings (SSSR count). The van der Waals surface area contributed by atoms with Crippen molar-refractivity contribution in [3.8, 4) is 0 Å². The van der Waals surface area contributed by atoms with Crippen molar-refractivity contribution in [1.82, 2.24) is 0 Å². The Balaban J connectivity index is 4.02. The van der Waals surface area contributed by atoms with Crippen molar-refractivity contribution in [2.45, 2.75) is 290 Å². The molecule has 6 nitrogen and oxygen atoms in total. The Morgan fingerprint density at radius 3 is 0.929 bits per heavy atom. The molecular weight excluding hydrogens is 865 g/mol. The van der Waals surface area contributed by atoms with Gasteiger partial charge in [-0.2, -0.15) is 0 Å². The molecule has 0 radical (unpaired) electrons. The van der Waals surface area contributed by atoms with Crippen LogP contribution in [0.1, 0.15) is 284 Å². The molecule has 0 aromatic heterocycles. The van der Waals surface area contributed by atoms with Crippen LogP contribution in [-0.2, 0) is 28.6 Å². The van der Waals surface area contributed by atoms with Crippen LogP contribution in [-0.4, -0.2) is 37.2 Å². The second kappa shape index (κ2) is 58.2. The van der Waals surface area contributed by atoms with Crippen molar-refractivity contribution in [3.63, 3.8) is 0 Å². The molecule has 6 heteroatoms. The van der Waals surface area contributed by atoms with Crippen LogP contribution in [0.3, 0.4) is 0 Å². The molecule has 0 amide bonds. The predicted octanol–water partition coefficient (Wildman–Crippen LogP) is 19.9. The van der Waals surface area contributed by atoms with E-state index in [9.17, 15) is 14.4 Å². The Kier molecular flexibility index (Phi) is 55.3. The SMILES string of the molecule is CC/C=C\C/C=C\C/C=C\C/C=C\C/C=C\C/C=C\CCCCCCCCCCCCCCCCC(=O)OCC(COC(=O)CCCCCCCCCC)OC(=O)CCCCCCC/C=C\CCCC. The molecule has 0 aromatic carbocycles. The molecule has 0 spiro atoms. The Bertz CT molecular complexity index is 1350. The van der Waals surface area contributed by atoms with Crippen molar-refractivity contribution in [1.29, 1.82) is 0 Å². The molecule has 0 fully saturated rings. The van der Waals surface area contributed by atoms with E-state index in [1.807, 2.05) is 0 Å². The summed E-state index contributed by atoms with van der Waals surface area (Å²) in [6, 6.07) is 0. The van der Waals surface area contributed by atoms with Gasteiger partial charge >= 0.3 is 17.9 Å². The van der Waals surface area contributed by atoms with Gasteiger partial charge in [0.05, 0.1) is 0 Å². The number of carbonyl (C=O) groups excluding carboxylic acids is 3. The fourth-order valence-electron chi connectivity index (χ4n) is 8.19. The Morgan fingerprint density at radius 2 is 0.571 bits per heavy atom. The molecule has 0 aliphatic carbocycles. The number of hydrogen-bond acceptors (Lipinski definition) is 6. The van der Waals surface area contributed by atoms with Crippen molar-refractivity contribution in [3.05, 3.63) is 85.1 Å². The van der Waals surface area contributed by atoms with Crippen LogP contribution in [0, 0.1) is 0 Å². The van der Waals surface area contributed by atoms with E-state index in [4.69, 9.17) is 14.2 Å². The fraction of sp³-hybridized carbons (Fsp3) is 0.734. The molecule has 1 unspecified atom stereocenters. The molecule has 402 valence electrons.